The maximum atomic E-state index is 6.13. The molecular weight excluding hydrogens is 588 g/mol. The van der Waals surface area contributed by atoms with Gasteiger partial charge in [-0.1, -0.05) is 36.4 Å². The van der Waals surface area contributed by atoms with E-state index in [1.807, 2.05) is 0 Å². The summed E-state index contributed by atoms with van der Waals surface area (Å²) >= 11 is 0. The second-order valence-corrected chi connectivity index (χ2v) is 13.9. The summed E-state index contributed by atoms with van der Waals surface area (Å²) in [7, 11) is 0. The minimum Gasteiger partial charge on any atom is -0.494 e. The van der Waals surface area contributed by atoms with Gasteiger partial charge >= 0.3 is 0 Å². The van der Waals surface area contributed by atoms with E-state index >= 15 is 0 Å². The van der Waals surface area contributed by atoms with E-state index in [2.05, 4.69) is 79.7 Å². The van der Waals surface area contributed by atoms with Crippen molar-refractivity contribution in [1.82, 2.24) is 0 Å². The number of unbranched alkanes of at least 4 members (excludes halogenated alkanes) is 3. The maximum Gasteiger partial charge on any atom is 0.119 e. The van der Waals surface area contributed by atoms with Crippen LogP contribution in [0.5, 0.6) is 17.2 Å². The van der Waals surface area contributed by atoms with Crippen LogP contribution in [0.15, 0.2) is 72.8 Å². The van der Waals surface area contributed by atoms with E-state index in [0.717, 1.165) is 114 Å². The van der Waals surface area contributed by atoms with Gasteiger partial charge in [0.15, 0.2) is 0 Å². The molecule has 0 atom stereocenters. The summed E-state index contributed by atoms with van der Waals surface area (Å²) in [4.78, 5) is 0. The van der Waals surface area contributed by atoms with Gasteiger partial charge in [-0.15, -0.1) is 0 Å². The van der Waals surface area contributed by atoms with E-state index in [1.165, 1.54) is 55.2 Å². The smallest absolute Gasteiger partial charge is 0.119 e. The Morgan fingerprint density at radius 2 is 0.723 bits per heavy atom. The lowest BCUT2D eigenvalue weighted by molar-refractivity contribution is -0.0367. The van der Waals surface area contributed by atoms with E-state index < -0.39 is 0 Å². The molecular formula is C41H54O6. The van der Waals surface area contributed by atoms with Crippen LogP contribution in [-0.2, 0) is 19.6 Å². The van der Waals surface area contributed by atoms with E-state index in [0.29, 0.717) is 0 Å². The summed E-state index contributed by atoms with van der Waals surface area (Å²) in [6.45, 7) is 10.1. The highest BCUT2D eigenvalue weighted by molar-refractivity contribution is 5.52. The molecule has 3 aromatic carbocycles. The average Bonchev–Trinajstić information content (AvgIpc) is 3.04. The lowest BCUT2D eigenvalue weighted by atomic mass is 9.71. The molecule has 0 saturated carbocycles. The van der Waals surface area contributed by atoms with Gasteiger partial charge in [-0.3, -0.25) is 0 Å². The maximum absolute atomic E-state index is 6.13. The largest absolute Gasteiger partial charge is 0.494 e. The van der Waals surface area contributed by atoms with Crippen LogP contribution < -0.4 is 14.2 Å². The Hall–Kier alpha value is -3.06. The van der Waals surface area contributed by atoms with Crippen molar-refractivity contribution >= 4 is 0 Å². The molecule has 3 aromatic rings. The van der Waals surface area contributed by atoms with E-state index in [4.69, 9.17) is 28.4 Å². The summed E-state index contributed by atoms with van der Waals surface area (Å²) in [5.74, 6) is 5.02. The zero-order chi connectivity index (χ0) is 32.2. The molecule has 0 N–H and O–H groups in total. The molecule has 0 unspecified atom stereocenters. The Balaban J connectivity index is 1.08. The molecule has 0 amide bonds. The number of benzene rings is 3. The van der Waals surface area contributed by atoms with Gasteiger partial charge in [-0.05, 0) is 118 Å². The third kappa shape index (κ3) is 9.52. The number of ether oxygens (including phenoxy) is 6. The molecule has 47 heavy (non-hydrogen) atoms. The van der Waals surface area contributed by atoms with Crippen LogP contribution in [0.2, 0.25) is 0 Å². The molecule has 3 aliphatic heterocycles. The lowest BCUT2D eigenvalue weighted by Crippen LogP contribution is -2.27. The summed E-state index contributed by atoms with van der Waals surface area (Å²) in [6.07, 6.45) is 10.5. The molecule has 3 saturated heterocycles. The Morgan fingerprint density at radius 1 is 0.447 bits per heavy atom. The second kappa shape index (κ2) is 17.4. The van der Waals surface area contributed by atoms with Crippen LogP contribution in [0, 0.1) is 17.8 Å². The Bertz CT molecular complexity index is 1150. The minimum atomic E-state index is -0.365. The predicted molar refractivity (Wildman–Crippen MR) is 186 cm³/mol. The Morgan fingerprint density at radius 3 is 0.957 bits per heavy atom. The molecule has 0 radical (unpaired) electrons. The van der Waals surface area contributed by atoms with E-state index in [-0.39, 0.29) is 5.41 Å². The molecule has 6 rings (SSSR count). The van der Waals surface area contributed by atoms with Crippen molar-refractivity contribution in [1.29, 1.82) is 0 Å². The van der Waals surface area contributed by atoms with Gasteiger partial charge in [0.2, 0.25) is 0 Å². The zero-order valence-corrected chi connectivity index (χ0v) is 28.3. The van der Waals surface area contributed by atoms with Crippen molar-refractivity contribution in [3.8, 4) is 17.2 Å². The molecule has 6 heteroatoms. The van der Waals surface area contributed by atoms with Gasteiger partial charge < -0.3 is 28.4 Å². The highest BCUT2D eigenvalue weighted by Gasteiger charge is 2.31. The van der Waals surface area contributed by atoms with Crippen molar-refractivity contribution in [3.63, 3.8) is 0 Å². The van der Waals surface area contributed by atoms with Gasteiger partial charge in [0, 0.05) is 23.2 Å². The summed E-state index contributed by atoms with van der Waals surface area (Å²) in [5, 5.41) is 0. The lowest BCUT2D eigenvalue weighted by Gasteiger charge is -2.32. The van der Waals surface area contributed by atoms with Gasteiger partial charge in [-0.25, -0.2) is 0 Å². The first-order chi connectivity index (χ1) is 23.2. The van der Waals surface area contributed by atoms with Gasteiger partial charge in [0.05, 0.1) is 59.5 Å². The van der Waals surface area contributed by atoms with Gasteiger partial charge in [-0.2, -0.15) is 0 Å². The quantitative estimate of drug-likeness (QED) is 0.0857. The van der Waals surface area contributed by atoms with E-state index in [9.17, 15) is 0 Å². The first kappa shape index (κ1) is 33.8. The normalized spacial score (nSPS) is 17.0. The predicted octanol–water partition coefficient (Wildman–Crippen LogP) is 8.63. The first-order valence-electron chi connectivity index (χ1n) is 18.1. The van der Waals surface area contributed by atoms with Crippen molar-refractivity contribution in [2.45, 2.75) is 70.1 Å². The zero-order valence-electron chi connectivity index (χ0n) is 28.3. The summed E-state index contributed by atoms with van der Waals surface area (Å²) in [5.41, 5.74) is 3.29. The first-order valence-corrected chi connectivity index (χ1v) is 18.1. The summed E-state index contributed by atoms with van der Waals surface area (Å²) in [6, 6.07) is 26.0. The fourth-order valence-corrected chi connectivity index (χ4v) is 6.68. The third-order valence-electron chi connectivity index (χ3n) is 10.2. The highest BCUT2D eigenvalue weighted by Crippen LogP contribution is 2.40. The van der Waals surface area contributed by atoms with Crippen molar-refractivity contribution < 1.29 is 28.4 Å². The number of hydrogen-bond acceptors (Lipinski definition) is 6. The molecule has 3 aliphatic rings. The fraction of sp³-hybridized carbons (Fsp3) is 0.561. The standard InChI is InChI=1S/C41H54O6/c1-41(35-11-17-38(18-12-35)45-23-5-2-8-32-26-42-27-32,36-13-19-39(20-14-36)46-24-6-3-9-33-28-43-29-33)37-15-21-40(22-16-37)47-25-7-4-10-34-30-44-31-34/h11-22,32-34H,2-10,23-31H2,1H3. The molecule has 0 aliphatic carbocycles. The number of hydrogen-bond donors (Lipinski definition) is 0. The van der Waals surface area contributed by atoms with Crippen LogP contribution in [0.3, 0.4) is 0 Å². The minimum absolute atomic E-state index is 0.365. The Kier molecular flexibility index (Phi) is 12.5. The third-order valence-corrected chi connectivity index (χ3v) is 10.2. The van der Waals surface area contributed by atoms with Crippen LogP contribution in [0.25, 0.3) is 0 Å². The van der Waals surface area contributed by atoms with Crippen LogP contribution in [0.4, 0.5) is 0 Å². The van der Waals surface area contributed by atoms with Crippen LogP contribution >= 0.6 is 0 Å². The SMILES string of the molecule is CC(c1ccc(OCCCCC2COC2)cc1)(c1ccc(OCCCCC2COC2)cc1)c1ccc(OCCCCC2COC2)cc1. The second-order valence-electron chi connectivity index (χ2n) is 13.9. The molecule has 0 aromatic heterocycles. The van der Waals surface area contributed by atoms with Gasteiger partial charge in [0.1, 0.15) is 17.2 Å². The molecule has 254 valence electrons. The highest BCUT2D eigenvalue weighted by atomic mass is 16.5. The average molecular weight is 643 g/mol. The molecule has 3 heterocycles. The Labute approximate surface area is 282 Å². The van der Waals surface area contributed by atoms with Crippen LogP contribution in [-0.4, -0.2) is 59.5 Å². The van der Waals surface area contributed by atoms with Gasteiger partial charge in [0.25, 0.3) is 0 Å². The topological polar surface area (TPSA) is 55.4 Å². The fourth-order valence-electron chi connectivity index (χ4n) is 6.68. The van der Waals surface area contributed by atoms with E-state index in [1.54, 1.807) is 0 Å². The molecule has 0 spiro atoms. The van der Waals surface area contributed by atoms with Crippen molar-refractivity contribution in [2.24, 2.45) is 17.8 Å². The monoisotopic (exact) mass is 642 g/mol. The summed E-state index contributed by atoms with van der Waals surface area (Å²) < 4.78 is 34.3. The van der Waals surface area contributed by atoms with Crippen molar-refractivity contribution in [2.75, 3.05) is 59.5 Å². The molecule has 0 bridgehead atoms. The number of rotatable bonds is 21. The molecule has 3 fully saturated rings. The molecule has 6 nitrogen and oxygen atoms in total. The van der Waals surface area contributed by atoms with Crippen LogP contribution in [0.1, 0.15) is 81.4 Å². The van der Waals surface area contributed by atoms with Crippen molar-refractivity contribution in [3.05, 3.63) is 89.5 Å².